The zero-order chi connectivity index (χ0) is 22.8. The van der Waals surface area contributed by atoms with E-state index in [1.807, 2.05) is 39.0 Å². The average Bonchev–Trinajstić information content (AvgIpc) is 3.11. The van der Waals surface area contributed by atoms with Gasteiger partial charge in [-0.05, 0) is 57.6 Å². The third-order valence-corrected chi connectivity index (χ3v) is 7.04. The van der Waals surface area contributed by atoms with Gasteiger partial charge in [-0.1, -0.05) is 6.07 Å². The molecule has 0 saturated heterocycles. The van der Waals surface area contributed by atoms with E-state index < -0.39 is 34.5 Å². The van der Waals surface area contributed by atoms with Crippen LogP contribution in [0.4, 0.5) is 10.5 Å². The van der Waals surface area contributed by atoms with Gasteiger partial charge in [0.05, 0.1) is 33.1 Å². The van der Waals surface area contributed by atoms with Crippen LogP contribution in [0, 0.1) is 11.3 Å². The number of benzene rings is 1. The lowest BCUT2D eigenvalue weighted by molar-refractivity contribution is -0.169. The molecule has 2 aliphatic carbocycles. The Kier molecular flexibility index (Phi) is 4.75. The minimum Gasteiger partial charge on any atom is -0.497 e. The lowest BCUT2D eigenvalue weighted by Crippen LogP contribution is -2.59. The van der Waals surface area contributed by atoms with Gasteiger partial charge in [0.2, 0.25) is 0 Å². The van der Waals surface area contributed by atoms with Crippen LogP contribution in [0.2, 0.25) is 0 Å². The molecule has 0 radical (unpaired) electrons. The zero-order valence-corrected chi connectivity index (χ0v) is 18.8. The first-order valence-corrected chi connectivity index (χ1v) is 10.4. The van der Waals surface area contributed by atoms with Crippen molar-refractivity contribution in [1.82, 2.24) is 0 Å². The van der Waals surface area contributed by atoms with Crippen molar-refractivity contribution >= 4 is 23.7 Å². The van der Waals surface area contributed by atoms with Gasteiger partial charge in [0, 0.05) is 11.5 Å². The molecule has 4 rings (SSSR count). The summed E-state index contributed by atoms with van der Waals surface area (Å²) in [6, 6.07) is 5.38. The van der Waals surface area contributed by atoms with E-state index in [1.54, 1.807) is 12.0 Å². The average molecular weight is 431 g/mol. The summed E-state index contributed by atoms with van der Waals surface area (Å²) in [6.07, 6.45) is 0.770. The minimum atomic E-state index is -1.38. The molecule has 0 bridgehead atoms. The smallest absolute Gasteiger partial charge is 0.415 e. The Labute approximate surface area is 181 Å². The highest BCUT2D eigenvalue weighted by Gasteiger charge is 2.75. The Morgan fingerprint density at radius 2 is 1.71 bits per heavy atom. The SMILES string of the molecule is COC(=O)C1(C(=O)OC)C[C@@H]2C[C@H]3N(C(=O)OC(C)(C)C)c4cc(OC)ccc4[C@@]23C1. The number of fused-ring (bicyclic) bond motifs is 1. The molecule has 31 heavy (non-hydrogen) atoms. The molecule has 3 aliphatic rings. The van der Waals surface area contributed by atoms with Crippen LogP contribution in [-0.2, 0) is 29.2 Å². The minimum absolute atomic E-state index is 0.0373. The van der Waals surface area contributed by atoms with Crippen molar-refractivity contribution in [3.8, 4) is 5.75 Å². The van der Waals surface area contributed by atoms with Crippen molar-refractivity contribution in [2.24, 2.45) is 11.3 Å². The van der Waals surface area contributed by atoms with E-state index in [1.165, 1.54) is 14.2 Å². The first kappa shape index (κ1) is 21.5. The van der Waals surface area contributed by atoms with Crippen LogP contribution < -0.4 is 9.64 Å². The Morgan fingerprint density at radius 1 is 1.06 bits per heavy atom. The number of esters is 2. The molecule has 8 nitrogen and oxygen atoms in total. The summed E-state index contributed by atoms with van der Waals surface area (Å²) in [5.41, 5.74) is -0.959. The highest BCUT2D eigenvalue weighted by molar-refractivity contribution is 6.02. The van der Waals surface area contributed by atoms with Gasteiger partial charge in [-0.3, -0.25) is 14.5 Å². The van der Waals surface area contributed by atoms with E-state index >= 15 is 0 Å². The second-order valence-corrected chi connectivity index (χ2v) is 9.67. The van der Waals surface area contributed by atoms with E-state index in [-0.39, 0.29) is 18.4 Å². The Morgan fingerprint density at radius 3 is 2.26 bits per heavy atom. The van der Waals surface area contributed by atoms with Crippen LogP contribution in [0.3, 0.4) is 0 Å². The second-order valence-electron chi connectivity index (χ2n) is 9.67. The van der Waals surface area contributed by atoms with Crippen molar-refractivity contribution in [3.63, 3.8) is 0 Å². The predicted octanol–water partition coefficient (Wildman–Crippen LogP) is 3.20. The molecule has 1 spiro atoms. The number of ether oxygens (including phenoxy) is 4. The molecule has 1 aromatic rings. The second kappa shape index (κ2) is 6.87. The molecule has 1 aliphatic heterocycles. The van der Waals surface area contributed by atoms with Gasteiger partial charge < -0.3 is 18.9 Å². The van der Waals surface area contributed by atoms with Crippen LogP contribution in [-0.4, -0.2) is 51.0 Å². The summed E-state index contributed by atoms with van der Waals surface area (Å²) in [5.74, 6) is -0.526. The van der Waals surface area contributed by atoms with Crippen molar-refractivity contribution < 1.29 is 33.3 Å². The third-order valence-electron chi connectivity index (χ3n) is 7.04. The van der Waals surface area contributed by atoms with E-state index in [0.717, 1.165) is 5.56 Å². The van der Waals surface area contributed by atoms with E-state index in [0.29, 0.717) is 24.3 Å². The Bertz CT molecular complexity index is 934. The maximum atomic E-state index is 13.2. The van der Waals surface area contributed by atoms with Crippen LogP contribution >= 0.6 is 0 Å². The predicted molar refractivity (Wildman–Crippen MR) is 111 cm³/mol. The third kappa shape index (κ3) is 2.83. The Hall–Kier alpha value is -2.77. The summed E-state index contributed by atoms with van der Waals surface area (Å²) < 4.78 is 21.2. The highest BCUT2D eigenvalue weighted by atomic mass is 16.6. The van der Waals surface area contributed by atoms with E-state index in [2.05, 4.69) is 0 Å². The van der Waals surface area contributed by atoms with Gasteiger partial charge in [-0.2, -0.15) is 0 Å². The summed E-state index contributed by atoms with van der Waals surface area (Å²) in [6.45, 7) is 5.46. The lowest BCUT2D eigenvalue weighted by atomic mass is 9.56. The molecule has 1 aromatic carbocycles. The largest absolute Gasteiger partial charge is 0.497 e. The fourth-order valence-electron chi connectivity index (χ4n) is 5.87. The number of carbonyl (C=O) groups is 3. The Balaban J connectivity index is 1.83. The number of nitrogens with zero attached hydrogens (tertiary/aromatic N) is 1. The van der Waals surface area contributed by atoms with Gasteiger partial charge in [0.25, 0.3) is 0 Å². The maximum Gasteiger partial charge on any atom is 0.415 e. The molecular weight excluding hydrogens is 402 g/mol. The van der Waals surface area contributed by atoms with Gasteiger partial charge in [0.1, 0.15) is 11.4 Å². The molecule has 0 N–H and O–H groups in total. The molecule has 2 fully saturated rings. The van der Waals surface area contributed by atoms with Crippen molar-refractivity contribution in [2.45, 2.75) is 57.1 Å². The van der Waals surface area contributed by atoms with Gasteiger partial charge in [-0.15, -0.1) is 0 Å². The molecular formula is C23H29NO7. The van der Waals surface area contributed by atoms with Crippen LogP contribution in [0.25, 0.3) is 0 Å². The van der Waals surface area contributed by atoms with Gasteiger partial charge in [-0.25, -0.2) is 4.79 Å². The van der Waals surface area contributed by atoms with Crippen LogP contribution in [0.15, 0.2) is 18.2 Å². The van der Waals surface area contributed by atoms with E-state index in [9.17, 15) is 14.4 Å². The first-order valence-electron chi connectivity index (χ1n) is 10.4. The first-order chi connectivity index (χ1) is 14.5. The number of methoxy groups -OCH3 is 3. The number of rotatable bonds is 3. The summed E-state index contributed by atoms with van der Waals surface area (Å²) in [5, 5.41) is 0. The highest BCUT2D eigenvalue weighted by Crippen LogP contribution is 2.71. The number of carbonyl (C=O) groups excluding carboxylic acids is 3. The number of hydrogen-bond donors (Lipinski definition) is 0. The molecule has 3 atom stereocenters. The van der Waals surface area contributed by atoms with Gasteiger partial charge in [0.15, 0.2) is 5.41 Å². The maximum absolute atomic E-state index is 13.2. The van der Waals surface area contributed by atoms with Crippen molar-refractivity contribution in [3.05, 3.63) is 23.8 Å². The molecule has 168 valence electrons. The van der Waals surface area contributed by atoms with E-state index in [4.69, 9.17) is 18.9 Å². The fourth-order valence-corrected chi connectivity index (χ4v) is 5.87. The molecule has 2 saturated carbocycles. The molecule has 8 heteroatoms. The quantitative estimate of drug-likeness (QED) is 0.412. The van der Waals surface area contributed by atoms with Crippen molar-refractivity contribution in [2.75, 3.05) is 26.2 Å². The number of amides is 1. The lowest BCUT2D eigenvalue weighted by Gasteiger charge is -2.50. The monoisotopic (exact) mass is 431 g/mol. The molecule has 1 heterocycles. The molecule has 1 amide bonds. The number of hydrogen-bond acceptors (Lipinski definition) is 7. The normalized spacial score (nSPS) is 27.4. The summed E-state index contributed by atoms with van der Waals surface area (Å²) in [4.78, 5) is 40.5. The standard InChI is InChI=1S/C23H29NO7/c1-21(2,3)31-20(27)24-16-10-14(28-4)7-8-15(16)23-12-22(18(25)29-5,19(26)30-6)11-13(23)9-17(23)24/h7-8,10,13,17H,9,11-12H2,1-6H3/t13-,17+,23+/m0/s1. The summed E-state index contributed by atoms with van der Waals surface area (Å²) >= 11 is 0. The molecule has 0 unspecified atom stereocenters. The zero-order valence-electron chi connectivity index (χ0n) is 18.8. The van der Waals surface area contributed by atoms with Crippen molar-refractivity contribution in [1.29, 1.82) is 0 Å². The fraction of sp³-hybridized carbons (Fsp3) is 0.609. The van der Waals surface area contributed by atoms with Crippen LogP contribution in [0.5, 0.6) is 5.75 Å². The topological polar surface area (TPSA) is 91.4 Å². The van der Waals surface area contributed by atoms with Crippen LogP contribution in [0.1, 0.15) is 45.6 Å². The molecule has 0 aromatic heterocycles. The number of anilines is 1. The van der Waals surface area contributed by atoms with Gasteiger partial charge >= 0.3 is 18.0 Å². The summed E-state index contributed by atoms with van der Waals surface area (Å²) in [7, 11) is 4.13.